The molecule has 1 saturated carbocycles. The number of alkyl halides is 2. The SMILES string of the molecule is O=C(CN1C(=O)NC2(CCC(F)(F)CC2)C1=O)c1ccc(-c2n[nH]c3ccccc23)cc1. The Morgan fingerprint density at radius 2 is 1.69 bits per heavy atom. The number of nitrogens with zero attached hydrogens (tertiary/aromatic N) is 2. The van der Waals surface area contributed by atoms with E-state index in [0.717, 1.165) is 27.1 Å². The van der Waals surface area contributed by atoms with Crippen molar-refractivity contribution in [2.75, 3.05) is 6.54 Å². The summed E-state index contributed by atoms with van der Waals surface area (Å²) in [4.78, 5) is 38.8. The van der Waals surface area contributed by atoms with E-state index in [1.54, 1.807) is 24.3 Å². The molecule has 1 aliphatic carbocycles. The maximum atomic E-state index is 13.5. The fraction of sp³-hybridized carbons (Fsp3) is 0.304. The van der Waals surface area contributed by atoms with Crippen LogP contribution in [-0.2, 0) is 4.79 Å². The molecule has 164 valence electrons. The zero-order chi connectivity index (χ0) is 22.5. The number of urea groups is 1. The van der Waals surface area contributed by atoms with E-state index in [-0.39, 0.29) is 12.8 Å². The largest absolute Gasteiger partial charge is 0.325 e. The van der Waals surface area contributed by atoms with Gasteiger partial charge in [-0.15, -0.1) is 0 Å². The summed E-state index contributed by atoms with van der Waals surface area (Å²) in [6.07, 6.45) is -1.21. The third-order valence-corrected chi connectivity index (χ3v) is 6.33. The number of hydrogen-bond acceptors (Lipinski definition) is 4. The molecule has 2 aromatic carbocycles. The van der Waals surface area contributed by atoms with E-state index in [9.17, 15) is 23.2 Å². The van der Waals surface area contributed by atoms with Gasteiger partial charge in [0.15, 0.2) is 5.78 Å². The molecule has 2 fully saturated rings. The smallest absolute Gasteiger partial charge is 0.323 e. The van der Waals surface area contributed by atoms with Crippen LogP contribution in [0.25, 0.3) is 22.2 Å². The molecule has 1 saturated heterocycles. The number of para-hydroxylation sites is 1. The summed E-state index contributed by atoms with van der Waals surface area (Å²) < 4.78 is 27.0. The van der Waals surface area contributed by atoms with Crippen LogP contribution in [0.1, 0.15) is 36.0 Å². The molecule has 5 rings (SSSR count). The second kappa shape index (κ2) is 7.22. The highest BCUT2D eigenvalue weighted by Gasteiger charge is 2.55. The van der Waals surface area contributed by atoms with E-state index in [1.165, 1.54) is 0 Å². The van der Waals surface area contributed by atoms with Crippen molar-refractivity contribution in [3.63, 3.8) is 0 Å². The number of carbonyl (C=O) groups is 3. The zero-order valence-electron chi connectivity index (χ0n) is 17.0. The van der Waals surface area contributed by atoms with E-state index in [2.05, 4.69) is 15.5 Å². The number of rotatable bonds is 4. The Bertz CT molecular complexity index is 1230. The van der Waals surface area contributed by atoms with Crippen LogP contribution < -0.4 is 5.32 Å². The molecule has 1 aromatic heterocycles. The van der Waals surface area contributed by atoms with Gasteiger partial charge in [-0.3, -0.25) is 19.6 Å². The Kier molecular flexibility index (Phi) is 4.58. The topological polar surface area (TPSA) is 95.2 Å². The molecule has 2 N–H and O–H groups in total. The number of nitrogens with one attached hydrogen (secondary N) is 2. The Balaban J connectivity index is 1.31. The third kappa shape index (κ3) is 3.34. The molecule has 2 heterocycles. The van der Waals surface area contributed by atoms with Gasteiger partial charge >= 0.3 is 6.03 Å². The van der Waals surface area contributed by atoms with Crippen LogP contribution in [0.15, 0.2) is 48.5 Å². The van der Waals surface area contributed by atoms with E-state index >= 15 is 0 Å². The predicted octanol–water partition coefficient (Wildman–Crippen LogP) is 3.91. The summed E-state index contributed by atoms with van der Waals surface area (Å²) in [7, 11) is 0. The van der Waals surface area contributed by atoms with Crippen LogP contribution in [-0.4, -0.2) is 50.8 Å². The Morgan fingerprint density at radius 3 is 2.41 bits per heavy atom. The number of Topliss-reactive ketones (excluding diaryl/α,β-unsaturated/α-hetero) is 1. The number of ketones is 1. The van der Waals surface area contributed by atoms with Crippen molar-refractivity contribution in [1.82, 2.24) is 20.4 Å². The summed E-state index contributed by atoms with van der Waals surface area (Å²) in [5.41, 5.74) is 1.48. The zero-order valence-corrected chi connectivity index (χ0v) is 17.0. The van der Waals surface area contributed by atoms with Crippen LogP contribution in [0.3, 0.4) is 0 Å². The molecule has 32 heavy (non-hydrogen) atoms. The van der Waals surface area contributed by atoms with Gasteiger partial charge < -0.3 is 5.32 Å². The molecular weight excluding hydrogens is 418 g/mol. The quantitative estimate of drug-likeness (QED) is 0.477. The minimum absolute atomic E-state index is 0.137. The van der Waals surface area contributed by atoms with Crippen LogP contribution in [0.5, 0.6) is 0 Å². The van der Waals surface area contributed by atoms with E-state index in [0.29, 0.717) is 5.56 Å². The number of aromatic nitrogens is 2. The number of hydrogen-bond donors (Lipinski definition) is 2. The van der Waals surface area contributed by atoms with Gasteiger partial charge in [-0.2, -0.15) is 5.10 Å². The molecule has 7 nitrogen and oxygen atoms in total. The number of amides is 3. The number of imide groups is 1. The molecule has 1 spiro atoms. The van der Waals surface area contributed by atoms with Crippen molar-refractivity contribution in [2.24, 2.45) is 0 Å². The van der Waals surface area contributed by atoms with Crippen LogP contribution in [0.2, 0.25) is 0 Å². The molecule has 1 aliphatic heterocycles. The van der Waals surface area contributed by atoms with Crippen molar-refractivity contribution in [3.05, 3.63) is 54.1 Å². The molecular formula is C23H20F2N4O3. The highest BCUT2D eigenvalue weighted by Crippen LogP contribution is 2.41. The number of carbonyl (C=O) groups excluding carboxylic acids is 3. The van der Waals surface area contributed by atoms with E-state index in [4.69, 9.17) is 0 Å². The van der Waals surface area contributed by atoms with Gasteiger partial charge in [0.1, 0.15) is 5.54 Å². The lowest BCUT2D eigenvalue weighted by Gasteiger charge is -2.34. The summed E-state index contributed by atoms with van der Waals surface area (Å²) in [6, 6.07) is 13.7. The Morgan fingerprint density at radius 1 is 1.00 bits per heavy atom. The third-order valence-electron chi connectivity index (χ3n) is 6.33. The predicted molar refractivity (Wildman–Crippen MR) is 112 cm³/mol. The van der Waals surface area contributed by atoms with Gasteiger partial charge in [0, 0.05) is 29.4 Å². The fourth-order valence-electron chi connectivity index (χ4n) is 4.43. The normalized spacial score (nSPS) is 19.5. The van der Waals surface area contributed by atoms with Gasteiger partial charge in [0.05, 0.1) is 17.8 Å². The van der Waals surface area contributed by atoms with Crippen molar-refractivity contribution < 1.29 is 23.2 Å². The van der Waals surface area contributed by atoms with Crippen molar-refractivity contribution in [1.29, 1.82) is 0 Å². The highest BCUT2D eigenvalue weighted by atomic mass is 19.3. The maximum absolute atomic E-state index is 13.5. The van der Waals surface area contributed by atoms with Crippen molar-refractivity contribution in [3.8, 4) is 11.3 Å². The average molecular weight is 438 g/mol. The summed E-state index contributed by atoms with van der Waals surface area (Å²) in [5, 5.41) is 10.8. The first-order chi connectivity index (χ1) is 15.3. The van der Waals surface area contributed by atoms with Crippen molar-refractivity contribution >= 4 is 28.6 Å². The second-order valence-corrected chi connectivity index (χ2v) is 8.38. The molecule has 0 bridgehead atoms. The first-order valence-corrected chi connectivity index (χ1v) is 10.4. The summed E-state index contributed by atoms with van der Waals surface area (Å²) >= 11 is 0. The average Bonchev–Trinajstić information content (AvgIpc) is 3.31. The number of halogens is 2. The molecule has 3 amide bonds. The van der Waals surface area contributed by atoms with Gasteiger partial charge in [0.25, 0.3) is 5.91 Å². The number of benzene rings is 2. The lowest BCUT2D eigenvalue weighted by molar-refractivity contribution is -0.135. The standard InChI is InChI=1S/C23H20F2N4O3/c24-23(25)11-9-22(10-12-23)20(31)29(21(32)26-22)13-18(30)14-5-7-15(8-6-14)19-16-3-1-2-4-17(16)27-28-19/h1-8H,9-13H2,(H,26,32)(H,27,28). The molecule has 9 heteroatoms. The van der Waals surface area contributed by atoms with Crippen LogP contribution >= 0.6 is 0 Å². The van der Waals surface area contributed by atoms with Crippen LogP contribution in [0.4, 0.5) is 13.6 Å². The van der Waals surface area contributed by atoms with Gasteiger partial charge in [-0.1, -0.05) is 42.5 Å². The van der Waals surface area contributed by atoms with Gasteiger partial charge in [-0.25, -0.2) is 13.6 Å². The molecule has 0 atom stereocenters. The minimum atomic E-state index is -2.83. The first-order valence-electron chi connectivity index (χ1n) is 10.4. The van der Waals surface area contributed by atoms with E-state index < -0.39 is 48.6 Å². The Labute approximate surface area is 181 Å². The second-order valence-electron chi connectivity index (χ2n) is 8.38. The number of H-pyrrole nitrogens is 1. The highest BCUT2D eigenvalue weighted by molar-refractivity contribution is 6.11. The minimum Gasteiger partial charge on any atom is -0.323 e. The maximum Gasteiger partial charge on any atom is 0.325 e. The van der Waals surface area contributed by atoms with Crippen molar-refractivity contribution in [2.45, 2.75) is 37.1 Å². The lowest BCUT2D eigenvalue weighted by Crippen LogP contribution is -2.51. The Hall–Kier alpha value is -3.62. The lowest BCUT2D eigenvalue weighted by atomic mass is 9.80. The first kappa shape index (κ1) is 20.3. The molecule has 2 aliphatic rings. The summed E-state index contributed by atoms with van der Waals surface area (Å²) in [6.45, 7) is -0.437. The van der Waals surface area contributed by atoms with Gasteiger partial charge in [-0.05, 0) is 18.9 Å². The summed E-state index contributed by atoms with van der Waals surface area (Å²) in [5.74, 6) is -3.85. The molecule has 3 aromatic rings. The monoisotopic (exact) mass is 438 g/mol. The van der Waals surface area contributed by atoms with E-state index in [1.807, 2.05) is 24.3 Å². The number of aromatic amines is 1. The van der Waals surface area contributed by atoms with Crippen LogP contribution in [0, 0.1) is 0 Å². The molecule has 0 radical (unpaired) electrons. The fourth-order valence-corrected chi connectivity index (χ4v) is 4.43. The van der Waals surface area contributed by atoms with Gasteiger partial charge in [0.2, 0.25) is 5.92 Å². The molecule has 0 unspecified atom stereocenters. The number of fused-ring (bicyclic) bond motifs is 1.